The number of nitrogens with zero attached hydrogens (tertiary/aromatic N) is 3. The molecule has 1 aliphatic rings. The molecule has 0 aliphatic heterocycles. The van der Waals surface area contributed by atoms with Gasteiger partial charge in [-0.25, -0.2) is 14.8 Å². The number of carbonyl (C=O) groups is 1. The van der Waals surface area contributed by atoms with Crippen LogP contribution in [0.2, 0.25) is 0 Å². The molecule has 0 fully saturated rings. The van der Waals surface area contributed by atoms with Crippen molar-refractivity contribution in [3.63, 3.8) is 0 Å². The molecule has 0 saturated carbocycles. The molecule has 1 amide bonds. The molecule has 2 heterocycles. The van der Waals surface area contributed by atoms with Crippen LogP contribution in [0, 0.1) is 0 Å². The highest BCUT2D eigenvalue weighted by molar-refractivity contribution is 5.92. The van der Waals surface area contributed by atoms with Crippen LogP contribution in [-0.4, -0.2) is 39.4 Å². The third-order valence-corrected chi connectivity index (χ3v) is 5.40. The van der Waals surface area contributed by atoms with Crippen molar-refractivity contribution in [2.75, 3.05) is 18.9 Å². The summed E-state index contributed by atoms with van der Waals surface area (Å²) in [4.78, 5) is 20.3. The molecule has 0 saturated heterocycles. The number of anilines is 1. The number of aromatic amines is 1. The van der Waals surface area contributed by atoms with E-state index in [1.807, 2.05) is 24.3 Å². The number of H-pyrrole nitrogens is 1. The Balaban J connectivity index is 1.20. The molecule has 8 heteroatoms. The van der Waals surface area contributed by atoms with E-state index in [2.05, 4.69) is 49.7 Å². The van der Waals surface area contributed by atoms with E-state index in [4.69, 9.17) is 10.5 Å². The quantitative estimate of drug-likeness (QED) is 0.462. The Morgan fingerprint density at radius 1 is 1.10 bits per heavy atom. The van der Waals surface area contributed by atoms with Crippen LogP contribution in [0.1, 0.15) is 22.7 Å². The first kappa shape index (κ1) is 18.8. The lowest BCUT2D eigenvalue weighted by molar-refractivity contribution is 0.144. The predicted octanol–water partition coefficient (Wildman–Crippen LogP) is 3.49. The molecular formula is C23H20N6O2. The van der Waals surface area contributed by atoms with Gasteiger partial charge < -0.3 is 15.8 Å². The molecule has 4 aromatic rings. The number of nitrogens with one attached hydrogen (secondary N) is 2. The number of nitrogen functional groups attached to an aromatic ring is 1. The molecular weight excluding hydrogens is 392 g/mol. The van der Waals surface area contributed by atoms with E-state index in [1.54, 1.807) is 12.2 Å². The van der Waals surface area contributed by atoms with Crippen LogP contribution in [0.15, 0.2) is 60.9 Å². The van der Waals surface area contributed by atoms with E-state index in [0.29, 0.717) is 29.1 Å². The third-order valence-electron chi connectivity index (χ3n) is 5.40. The lowest BCUT2D eigenvalue weighted by Crippen LogP contribution is -2.26. The molecule has 31 heavy (non-hydrogen) atoms. The van der Waals surface area contributed by atoms with E-state index < -0.39 is 6.09 Å². The summed E-state index contributed by atoms with van der Waals surface area (Å²) >= 11 is 0. The van der Waals surface area contributed by atoms with E-state index in [-0.39, 0.29) is 12.5 Å². The highest BCUT2D eigenvalue weighted by Gasteiger charge is 2.28. The van der Waals surface area contributed by atoms with Crippen molar-refractivity contribution in [2.24, 2.45) is 0 Å². The topological polar surface area (TPSA) is 119 Å². The average Bonchev–Trinajstić information content (AvgIpc) is 3.35. The summed E-state index contributed by atoms with van der Waals surface area (Å²) in [6.07, 6.45) is 4.45. The van der Waals surface area contributed by atoms with Crippen molar-refractivity contribution in [1.29, 1.82) is 0 Å². The number of ether oxygens (including phenoxy) is 1. The maximum Gasteiger partial charge on any atom is 0.407 e. The number of nitrogens with two attached hydrogens (primary N) is 1. The van der Waals surface area contributed by atoms with Gasteiger partial charge in [-0.05, 0) is 28.3 Å². The van der Waals surface area contributed by atoms with Crippen LogP contribution in [0.25, 0.3) is 28.2 Å². The summed E-state index contributed by atoms with van der Waals surface area (Å²) in [5.74, 6) is 0.385. The highest BCUT2D eigenvalue weighted by atomic mass is 16.5. The molecule has 0 atom stereocenters. The zero-order valence-electron chi connectivity index (χ0n) is 16.6. The molecule has 0 spiro atoms. The van der Waals surface area contributed by atoms with Gasteiger partial charge >= 0.3 is 6.09 Å². The molecule has 4 N–H and O–H groups in total. The molecule has 5 rings (SSSR count). The maximum atomic E-state index is 12.2. The van der Waals surface area contributed by atoms with Gasteiger partial charge in [0.05, 0.1) is 11.1 Å². The Hall–Kier alpha value is -4.20. The number of hydrogen-bond acceptors (Lipinski definition) is 6. The molecule has 0 radical (unpaired) electrons. The summed E-state index contributed by atoms with van der Waals surface area (Å²) < 4.78 is 5.52. The SMILES string of the molecule is Nc1ncnc2n[nH]c(C=CCNC(=O)OCC3c4ccccc4-c4ccccc43)c12. The van der Waals surface area contributed by atoms with Crippen LogP contribution < -0.4 is 11.1 Å². The second-order valence-electron chi connectivity index (χ2n) is 7.20. The van der Waals surface area contributed by atoms with Gasteiger partial charge in [0.1, 0.15) is 18.8 Å². The Kier molecular flexibility index (Phi) is 4.80. The second-order valence-corrected chi connectivity index (χ2v) is 7.20. The number of amides is 1. The monoisotopic (exact) mass is 412 g/mol. The van der Waals surface area contributed by atoms with Gasteiger partial charge in [-0.1, -0.05) is 54.6 Å². The Morgan fingerprint density at radius 3 is 2.55 bits per heavy atom. The van der Waals surface area contributed by atoms with E-state index in [0.717, 1.165) is 0 Å². The van der Waals surface area contributed by atoms with Crippen LogP contribution in [0.5, 0.6) is 0 Å². The smallest absolute Gasteiger partial charge is 0.407 e. The number of rotatable bonds is 5. The standard InChI is InChI=1S/C23H20N6O2/c24-21-20-19(28-29-22(20)27-13-26-21)10-5-11-25-23(30)31-12-18-16-8-3-1-6-14(16)15-7-2-4-9-17(15)18/h1-10,13,18H,11-12H2,(H,25,30)(H3,24,26,27,28,29). The van der Waals surface area contributed by atoms with E-state index >= 15 is 0 Å². The van der Waals surface area contributed by atoms with E-state index in [9.17, 15) is 4.79 Å². The summed E-state index contributed by atoms with van der Waals surface area (Å²) in [5.41, 5.74) is 11.8. The van der Waals surface area contributed by atoms with Gasteiger partial charge in [0.15, 0.2) is 5.65 Å². The number of carbonyl (C=O) groups excluding carboxylic acids is 1. The Morgan fingerprint density at radius 2 is 1.81 bits per heavy atom. The normalized spacial score (nSPS) is 12.8. The van der Waals surface area contributed by atoms with Gasteiger partial charge in [-0.15, -0.1) is 0 Å². The number of fused-ring (bicyclic) bond motifs is 4. The molecule has 8 nitrogen and oxygen atoms in total. The lowest BCUT2D eigenvalue weighted by atomic mass is 9.98. The van der Waals surface area contributed by atoms with Gasteiger partial charge in [-0.2, -0.15) is 5.10 Å². The maximum absolute atomic E-state index is 12.2. The minimum absolute atomic E-state index is 0.0352. The largest absolute Gasteiger partial charge is 0.449 e. The summed E-state index contributed by atoms with van der Waals surface area (Å²) in [6.45, 7) is 0.577. The van der Waals surface area contributed by atoms with Crippen LogP contribution in [0.4, 0.5) is 10.6 Å². The first-order valence-electron chi connectivity index (χ1n) is 9.92. The fraction of sp³-hybridized carbons (Fsp3) is 0.130. The molecule has 154 valence electrons. The number of alkyl carbamates (subject to hydrolysis) is 1. The van der Waals surface area contributed by atoms with Crippen molar-refractivity contribution in [2.45, 2.75) is 5.92 Å². The highest BCUT2D eigenvalue weighted by Crippen LogP contribution is 2.44. The number of hydrogen-bond donors (Lipinski definition) is 3. The predicted molar refractivity (Wildman–Crippen MR) is 118 cm³/mol. The first-order valence-corrected chi connectivity index (χ1v) is 9.92. The van der Waals surface area contributed by atoms with Gasteiger partial charge in [0, 0.05) is 12.5 Å². The molecule has 1 aliphatic carbocycles. The average molecular weight is 412 g/mol. The molecule has 0 unspecified atom stereocenters. The van der Waals surface area contributed by atoms with Crippen LogP contribution >= 0.6 is 0 Å². The summed E-state index contributed by atoms with van der Waals surface area (Å²) in [7, 11) is 0. The van der Waals surface area contributed by atoms with Gasteiger partial charge in [-0.3, -0.25) is 5.10 Å². The van der Waals surface area contributed by atoms with Crippen LogP contribution in [0.3, 0.4) is 0 Å². The fourth-order valence-electron chi connectivity index (χ4n) is 3.99. The first-order chi connectivity index (χ1) is 15.2. The zero-order chi connectivity index (χ0) is 21.2. The molecule has 2 aromatic carbocycles. The van der Waals surface area contributed by atoms with Crippen molar-refractivity contribution >= 4 is 29.0 Å². The van der Waals surface area contributed by atoms with E-state index in [1.165, 1.54) is 28.6 Å². The minimum Gasteiger partial charge on any atom is -0.449 e. The molecule has 2 aromatic heterocycles. The van der Waals surface area contributed by atoms with Crippen molar-refractivity contribution in [3.8, 4) is 11.1 Å². The summed E-state index contributed by atoms with van der Waals surface area (Å²) in [5, 5.41) is 10.3. The van der Waals surface area contributed by atoms with Crippen molar-refractivity contribution in [1.82, 2.24) is 25.5 Å². The second kappa shape index (κ2) is 7.91. The minimum atomic E-state index is -0.469. The van der Waals surface area contributed by atoms with Crippen molar-refractivity contribution in [3.05, 3.63) is 77.8 Å². The zero-order valence-corrected chi connectivity index (χ0v) is 16.6. The van der Waals surface area contributed by atoms with Crippen molar-refractivity contribution < 1.29 is 9.53 Å². The van der Waals surface area contributed by atoms with Gasteiger partial charge in [0.25, 0.3) is 0 Å². The Labute approximate surface area is 178 Å². The number of aromatic nitrogens is 4. The Bertz CT molecular complexity index is 1250. The van der Waals surface area contributed by atoms with Gasteiger partial charge in [0.2, 0.25) is 0 Å². The fourth-order valence-corrected chi connectivity index (χ4v) is 3.99. The number of benzene rings is 2. The van der Waals surface area contributed by atoms with Crippen LogP contribution in [-0.2, 0) is 4.74 Å². The third kappa shape index (κ3) is 3.48. The lowest BCUT2D eigenvalue weighted by Gasteiger charge is -2.14. The summed E-state index contributed by atoms with van der Waals surface area (Å²) in [6, 6.07) is 16.5. The molecule has 0 bridgehead atoms.